The number of hydrogen-bond donors (Lipinski definition) is 0. The molecule has 7 heteroatoms. The Labute approximate surface area is 163 Å². The molecule has 4 rings (SSSR count). The summed E-state index contributed by atoms with van der Waals surface area (Å²) in [5.74, 6) is 0.0201. The number of carbonyl (C=O) groups is 1. The molecule has 2 aromatic rings. The van der Waals surface area contributed by atoms with Crippen LogP contribution in [0.5, 0.6) is 0 Å². The van der Waals surface area contributed by atoms with Crippen molar-refractivity contribution in [3.63, 3.8) is 0 Å². The van der Waals surface area contributed by atoms with Crippen LogP contribution in [0.4, 0.5) is 5.69 Å². The van der Waals surface area contributed by atoms with E-state index in [0.717, 1.165) is 16.8 Å². The summed E-state index contributed by atoms with van der Waals surface area (Å²) < 4.78 is 24.3. The molecule has 2 aliphatic heterocycles. The molecule has 0 spiro atoms. The second kappa shape index (κ2) is 7.13. The van der Waals surface area contributed by atoms with Crippen molar-refractivity contribution >= 4 is 38.4 Å². The highest BCUT2D eigenvalue weighted by Gasteiger charge is 2.49. The molecule has 2 heterocycles. The van der Waals surface area contributed by atoms with Gasteiger partial charge in [0.15, 0.2) is 15.0 Å². The van der Waals surface area contributed by atoms with Crippen LogP contribution in [0.2, 0.25) is 0 Å². The standard InChI is InChI=1S/C20H20N2O3S2/c1-14-7-5-6-10-16(14)22-17-12-27(24,25)13-18(17)26-20(22)21-19(23)11-15-8-3-2-4-9-15/h2-10,17-18H,11-13H2,1H3/t17-,18-/m0/s1. The number of amides is 1. The zero-order valence-electron chi connectivity index (χ0n) is 14.9. The molecule has 0 aromatic heterocycles. The van der Waals surface area contributed by atoms with Gasteiger partial charge < -0.3 is 4.90 Å². The van der Waals surface area contributed by atoms with Crippen LogP contribution < -0.4 is 4.90 Å². The number of aliphatic imine (C=N–C) groups is 1. The van der Waals surface area contributed by atoms with Crippen molar-refractivity contribution in [3.8, 4) is 0 Å². The summed E-state index contributed by atoms with van der Waals surface area (Å²) in [5, 5.41) is 0.521. The number of rotatable bonds is 3. The monoisotopic (exact) mass is 400 g/mol. The average Bonchev–Trinajstić information content (AvgIpc) is 3.07. The maximum absolute atomic E-state index is 12.5. The normalized spacial score (nSPS) is 24.9. The molecule has 0 saturated carbocycles. The van der Waals surface area contributed by atoms with E-state index in [4.69, 9.17) is 0 Å². The first-order valence-corrected chi connectivity index (χ1v) is 11.5. The number of thioether (sulfide) groups is 1. The molecule has 140 valence electrons. The highest BCUT2D eigenvalue weighted by atomic mass is 32.2. The van der Waals surface area contributed by atoms with E-state index < -0.39 is 9.84 Å². The molecule has 2 atom stereocenters. The average molecular weight is 401 g/mol. The van der Waals surface area contributed by atoms with Gasteiger partial charge in [-0.2, -0.15) is 4.99 Å². The van der Waals surface area contributed by atoms with E-state index in [2.05, 4.69) is 4.99 Å². The first kappa shape index (κ1) is 18.3. The van der Waals surface area contributed by atoms with Crippen molar-refractivity contribution in [2.75, 3.05) is 16.4 Å². The van der Waals surface area contributed by atoms with Crippen LogP contribution in [-0.2, 0) is 21.1 Å². The molecule has 0 aliphatic carbocycles. The molecule has 2 aliphatic rings. The van der Waals surface area contributed by atoms with Crippen molar-refractivity contribution in [1.82, 2.24) is 0 Å². The summed E-state index contributed by atoms with van der Waals surface area (Å²) in [6.45, 7) is 1.99. The highest BCUT2D eigenvalue weighted by molar-refractivity contribution is 8.16. The molecule has 0 unspecified atom stereocenters. The van der Waals surface area contributed by atoms with Gasteiger partial charge in [0, 0.05) is 10.9 Å². The lowest BCUT2D eigenvalue weighted by atomic mass is 10.1. The Bertz CT molecular complexity index is 1000. The SMILES string of the molecule is Cc1ccccc1N1C(=NC(=O)Cc2ccccc2)S[C@H]2CS(=O)(=O)C[C@@H]21. The molecule has 2 aromatic carbocycles. The van der Waals surface area contributed by atoms with E-state index in [1.807, 2.05) is 66.4 Å². The largest absolute Gasteiger partial charge is 0.315 e. The van der Waals surface area contributed by atoms with Crippen LogP contribution in [0.3, 0.4) is 0 Å². The predicted octanol–water partition coefficient (Wildman–Crippen LogP) is 2.84. The van der Waals surface area contributed by atoms with Crippen molar-refractivity contribution in [2.45, 2.75) is 24.6 Å². The zero-order valence-corrected chi connectivity index (χ0v) is 16.5. The van der Waals surface area contributed by atoms with Crippen LogP contribution in [0.15, 0.2) is 59.6 Å². The minimum absolute atomic E-state index is 0.0853. The van der Waals surface area contributed by atoms with Gasteiger partial charge in [-0.1, -0.05) is 60.3 Å². The van der Waals surface area contributed by atoms with E-state index in [-0.39, 0.29) is 35.1 Å². The second-order valence-corrected chi connectivity index (χ2v) is 10.3. The Morgan fingerprint density at radius 3 is 2.56 bits per heavy atom. The molecular weight excluding hydrogens is 380 g/mol. The van der Waals surface area contributed by atoms with Crippen molar-refractivity contribution in [2.24, 2.45) is 4.99 Å². The Morgan fingerprint density at radius 2 is 1.81 bits per heavy atom. The Morgan fingerprint density at radius 1 is 1.11 bits per heavy atom. The minimum atomic E-state index is -3.06. The molecule has 0 N–H and O–H groups in total. The number of amidine groups is 1. The lowest BCUT2D eigenvalue weighted by Crippen LogP contribution is -2.38. The number of fused-ring (bicyclic) bond motifs is 1. The van der Waals surface area contributed by atoms with Gasteiger partial charge in [0.05, 0.1) is 24.0 Å². The van der Waals surface area contributed by atoms with E-state index in [1.54, 1.807) is 0 Å². The Kier molecular flexibility index (Phi) is 4.82. The molecule has 2 saturated heterocycles. The van der Waals surface area contributed by atoms with Crippen LogP contribution in [0, 0.1) is 6.92 Å². The van der Waals surface area contributed by atoms with Gasteiger partial charge in [0.1, 0.15) is 0 Å². The van der Waals surface area contributed by atoms with Crippen LogP contribution in [0.25, 0.3) is 0 Å². The number of para-hydroxylation sites is 1. The summed E-state index contributed by atoms with van der Waals surface area (Å²) in [4.78, 5) is 18.9. The minimum Gasteiger partial charge on any atom is -0.315 e. The number of sulfone groups is 1. The number of carbonyl (C=O) groups excluding carboxylic acids is 1. The molecule has 2 fully saturated rings. The number of hydrogen-bond acceptors (Lipinski definition) is 4. The number of nitrogens with zero attached hydrogens (tertiary/aromatic N) is 2. The summed E-state index contributed by atoms with van der Waals surface area (Å²) in [7, 11) is -3.06. The fourth-order valence-electron chi connectivity index (χ4n) is 3.60. The quantitative estimate of drug-likeness (QED) is 0.793. The van der Waals surface area contributed by atoms with Gasteiger partial charge in [-0.15, -0.1) is 0 Å². The molecule has 1 amide bonds. The fraction of sp³-hybridized carbons (Fsp3) is 0.300. The van der Waals surface area contributed by atoms with Crippen LogP contribution in [-0.4, -0.2) is 42.3 Å². The lowest BCUT2D eigenvalue weighted by molar-refractivity contribution is -0.117. The van der Waals surface area contributed by atoms with Crippen LogP contribution in [0.1, 0.15) is 11.1 Å². The van der Waals surface area contributed by atoms with E-state index in [1.165, 1.54) is 11.8 Å². The van der Waals surface area contributed by atoms with Gasteiger partial charge >= 0.3 is 0 Å². The molecule has 27 heavy (non-hydrogen) atoms. The van der Waals surface area contributed by atoms with Gasteiger partial charge in [-0.05, 0) is 24.1 Å². The molecular formula is C20H20N2O3S2. The summed E-state index contributed by atoms with van der Waals surface area (Å²) in [6.07, 6.45) is 0.236. The van der Waals surface area contributed by atoms with Gasteiger partial charge in [0.2, 0.25) is 0 Å². The van der Waals surface area contributed by atoms with E-state index in [0.29, 0.717) is 5.17 Å². The van der Waals surface area contributed by atoms with E-state index >= 15 is 0 Å². The first-order valence-electron chi connectivity index (χ1n) is 8.80. The summed E-state index contributed by atoms with van der Waals surface area (Å²) in [5.41, 5.74) is 2.87. The molecule has 0 bridgehead atoms. The van der Waals surface area contributed by atoms with Crippen molar-refractivity contribution in [1.29, 1.82) is 0 Å². The Balaban J connectivity index is 1.67. The van der Waals surface area contributed by atoms with Gasteiger partial charge in [-0.25, -0.2) is 8.42 Å². The third kappa shape index (κ3) is 3.80. The van der Waals surface area contributed by atoms with Gasteiger partial charge in [-0.3, -0.25) is 4.79 Å². The number of aryl methyl sites for hydroxylation is 1. The highest BCUT2D eigenvalue weighted by Crippen LogP contribution is 2.41. The number of benzene rings is 2. The summed E-state index contributed by atoms with van der Waals surface area (Å²) in [6, 6.07) is 17.2. The lowest BCUT2D eigenvalue weighted by Gasteiger charge is -2.26. The van der Waals surface area contributed by atoms with Crippen molar-refractivity contribution in [3.05, 3.63) is 65.7 Å². The molecule has 5 nitrogen and oxygen atoms in total. The topological polar surface area (TPSA) is 66.8 Å². The number of anilines is 1. The third-order valence-corrected chi connectivity index (χ3v) is 8.07. The predicted molar refractivity (Wildman–Crippen MR) is 110 cm³/mol. The van der Waals surface area contributed by atoms with E-state index in [9.17, 15) is 13.2 Å². The third-order valence-electron chi connectivity index (χ3n) is 4.86. The Hall–Kier alpha value is -2.12. The summed E-state index contributed by atoms with van der Waals surface area (Å²) >= 11 is 1.41. The van der Waals surface area contributed by atoms with Crippen LogP contribution >= 0.6 is 11.8 Å². The smallest absolute Gasteiger partial charge is 0.252 e. The molecule has 0 radical (unpaired) electrons. The van der Waals surface area contributed by atoms with Crippen molar-refractivity contribution < 1.29 is 13.2 Å². The van der Waals surface area contributed by atoms with Gasteiger partial charge in [0.25, 0.3) is 5.91 Å². The second-order valence-electron chi connectivity index (χ2n) is 6.91. The fourth-order valence-corrected chi connectivity index (χ4v) is 7.52. The maximum atomic E-state index is 12.5. The maximum Gasteiger partial charge on any atom is 0.252 e. The zero-order chi connectivity index (χ0) is 19.0. The first-order chi connectivity index (χ1) is 12.9.